The standard InChI is InChI=1S/C17H26N2O3/c1-3-4-5-11-18-16(20)14-7-9-15(10-8-14)17(21)19-12-6-13-22-2/h7-10H,3-6,11-13H2,1-2H3,(H,18,20)(H,19,21). The number of rotatable bonds is 10. The van der Waals surface area contributed by atoms with Gasteiger partial charge < -0.3 is 15.4 Å². The fraction of sp³-hybridized carbons (Fsp3) is 0.529. The van der Waals surface area contributed by atoms with E-state index in [1.165, 1.54) is 0 Å². The van der Waals surface area contributed by atoms with Crippen LogP contribution in [0.3, 0.4) is 0 Å². The van der Waals surface area contributed by atoms with Crippen LogP contribution < -0.4 is 10.6 Å². The van der Waals surface area contributed by atoms with Gasteiger partial charge in [0.15, 0.2) is 0 Å². The second-order valence-electron chi connectivity index (χ2n) is 5.14. The van der Waals surface area contributed by atoms with Crippen LogP contribution in [0.1, 0.15) is 53.3 Å². The van der Waals surface area contributed by atoms with Crippen molar-refractivity contribution in [3.63, 3.8) is 0 Å². The zero-order valence-electron chi connectivity index (χ0n) is 13.5. The van der Waals surface area contributed by atoms with Crippen LogP contribution in [0.4, 0.5) is 0 Å². The third-order valence-electron chi connectivity index (χ3n) is 3.29. The fourth-order valence-electron chi connectivity index (χ4n) is 1.97. The van der Waals surface area contributed by atoms with Gasteiger partial charge in [0.2, 0.25) is 0 Å². The van der Waals surface area contributed by atoms with Gasteiger partial charge in [-0.3, -0.25) is 9.59 Å². The Morgan fingerprint density at radius 1 is 0.909 bits per heavy atom. The number of methoxy groups -OCH3 is 1. The summed E-state index contributed by atoms with van der Waals surface area (Å²) in [4.78, 5) is 23.8. The molecule has 0 aromatic heterocycles. The highest BCUT2D eigenvalue weighted by atomic mass is 16.5. The molecule has 0 unspecified atom stereocenters. The van der Waals surface area contributed by atoms with E-state index in [9.17, 15) is 9.59 Å². The summed E-state index contributed by atoms with van der Waals surface area (Å²) >= 11 is 0. The molecular weight excluding hydrogens is 280 g/mol. The van der Waals surface area contributed by atoms with Crippen LogP contribution in [0, 0.1) is 0 Å². The number of unbranched alkanes of at least 4 members (excludes halogenated alkanes) is 2. The van der Waals surface area contributed by atoms with Gasteiger partial charge in [-0.1, -0.05) is 19.8 Å². The van der Waals surface area contributed by atoms with Crippen LogP contribution in [0.2, 0.25) is 0 Å². The summed E-state index contributed by atoms with van der Waals surface area (Å²) in [7, 11) is 1.63. The minimum Gasteiger partial charge on any atom is -0.385 e. The first-order chi connectivity index (χ1) is 10.7. The van der Waals surface area contributed by atoms with Crippen molar-refractivity contribution in [3.05, 3.63) is 35.4 Å². The predicted octanol–water partition coefficient (Wildman–Crippen LogP) is 2.37. The molecule has 0 spiro atoms. The lowest BCUT2D eigenvalue weighted by Gasteiger charge is -2.07. The van der Waals surface area contributed by atoms with Crippen molar-refractivity contribution >= 4 is 11.8 Å². The van der Waals surface area contributed by atoms with Crippen LogP contribution in [-0.4, -0.2) is 38.6 Å². The molecule has 0 heterocycles. The first-order valence-electron chi connectivity index (χ1n) is 7.84. The first-order valence-corrected chi connectivity index (χ1v) is 7.84. The summed E-state index contributed by atoms with van der Waals surface area (Å²) in [5.41, 5.74) is 1.13. The van der Waals surface area contributed by atoms with E-state index in [4.69, 9.17) is 4.74 Å². The second kappa shape index (κ2) is 10.8. The minimum atomic E-state index is -0.133. The smallest absolute Gasteiger partial charge is 0.251 e. The maximum absolute atomic E-state index is 11.9. The second-order valence-corrected chi connectivity index (χ2v) is 5.14. The molecule has 2 N–H and O–H groups in total. The first kappa shape index (κ1) is 18.2. The van der Waals surface area contributed by atoms with Crippen LogP contribution in [0.5, 0.6) is 0 Å². The number of benzene rings is 1. The Morgan fingerprint density at radius 3 is 1.86 bits per heavy atom. The van der Waals surface area contributed by atoms with Gasteiger partial charge in [-0.15, -0.1) is 0 Å². The topological polar surface area (TPSA) is 67.4 Å². The quantitative estimate of drug-likeness (QED) is 0.652. The van der Waals surface area contributed by atoms with E-state index in [2.05, 4.69) is 17.6 Å². The molecule has 0 fully saturated rings. The van der Waals surface area contributed by atoms with E-state index in [-0.39, 0.29) is 11.8 Å². The Kier molecular flexibility index (Phi) is 8.91. The lowest BCUT2D eigenvalue weighted by Crippen LogP contribution is -2.26. The number of nitrogens with one attached hydrogen (secondary N) is 2. The SMILES string of the molecule is CCCCCNC(=O)c1ccc(C(=O)NCCCOC)cc1. The molecule has 122 valence electrons. The highest BCUT2D eigenvalue weighted by Crippen LogP contribution is 2.05. The van der Waals surface area contributed by atoms with Crippen molar-refractivity contribution in [2.24, 2.45) is 0 Å². The molecule has 0 aliphatic rings. The minimum absolute atomic E-state index is 0.0943. The van der Waals surface area contributed by atoms with E-state index in [0.29, 0.717) is 30.8 Å². The maximum Gasteiger partial charge on any atom is 0.251 e. The summed E-state index contributed by atoms with van der Waals surface area (Å²) in [6, 6.07) is 6.71. The van der Waals surface area contributed by atoms with Gasteiger partial charge in [0.05, 0.1) is 0 Å². The van der Waals surface area contributed by atoms with Crippen LogP contribution in [-0.2, 0) is 4.74 Å². The predicted molar refractivity (Wildman–Crippen MR) is 87.1 cm³/mol. The van der Waals surface area contributed by atoms with Crippen molar-refractivity contribution < 1.29 is 14.3 Å². The zero-order valence-corrected chi connectivity index (χ0v) is 13.5. The molecule has 0 aliphatic carbocycles. The highest BCUT2D eigenvalue weighted by Gasteiger charge is 2.08. The van der Waals surface area contributed by atoms with Gasteiger partial charge in [-0.2, -0.15) is 0 Å². The van der Waals surface area contributed by atoms with E-state index in [0.717, 1.165) is 25.7 Å². The van der Waals surface area contributed by atoms with Crippen molar-refractivity contribution in [2.45, 2.75) is 32.6 Å². The average Bonchev–Trinajstić information content (AvgIpc) is 2.55. The van der Waals surface area contributed by atoms with Crippen molar-refractivity contribution in [1.82, 2.24) is 10.6 Å². The van der Waals surface area contributed by atoms with Crippen LogP contribution in [0.25, 0.3) is 0 Å². The van der Waals surface area contributed by atoms with E-state index in [1.807, 2.05) is 0 Å². The van der Waals surface area contributed by atoms with Crippen molar-refractivity contribution in [3.8, 4) is 0 Å². The molecule has 22 heavy (non-hydrogen) atoms. The molecule has 0 bridgehead atoms. The molecule has 0 radical (unpaired) electrons. The molecule has 0 aliphatic heterocycles. The maximum atomic E-state index is 11.9. The Bertz CT molecular complexity index is 414. The highest BCUT2D eigenvalue weighted by molar-refractivity contribution is 5.97. The van der Waals surface area contributed by atoms with Gasteiger partial charge in [-0.05, 0) is 37.1 Å². The lowest BCUT2D eigenvalue weighted by atomic mass is 10.1. The summed E-state index contributed by atoms with van der Waals surface area (Å²) in [5.74, 6) is -0.228. The van der Waals surface area contributed by atoms with E-state index < -0.39 is 0 Å². The molecule has 0 atom stereocenters. The fourth-order valence-corrected chi connectivity index (χ4v) is 1.97. The molecule has 0 saturated carbocycles. The number of carbonyl (C=O) groups is 2. The van der Waals surface area contributed by atoms with Crippen LogP contribution >= 0.6 is 0 Å². The monoisotopic (exact) mass is 306 g/mol. The van der Waals surface area contributed by atoms with Gasteiger partial charge in [0, 0.05) is 37.9 Å². The lowest BCUT2D eigenvalue weighted by molar-refractivity contribution is 0.0938. The van der Waals surface area contributed by atoms with Crippen molar-refractivity contribution in [1.29, 1.82) is 0 Å². The molecule has 1 aromatic carbocycles. The van der Waals surface area contributed by atoms with E-state index >= 15 is 0 Å². The molecule has 1 aromatic rings. The zero-order chi connectivity index (χ0) is 16.2. The third kappa shape index (κ3) is 6.72. The summed E-state index contributed by atoms with van der Waals surface area (Å²) < 4.78 is 4.92. The summed E-state index contributed by atoms with van der Waals surface area (Å²) in [6.07, 6.45) is 4.01. The van der Waals surface area contributed by atoms with Gasteiger partial charge in [0.1, 0.15) is 0 Å². The molecule has 5 nitrogen and oxygen atoms in total. The normalized spacial score (nSPS) is 10.3. The third-order valence-corrected chi connectivity index (χ3v) is 3.29. The van der Waals surface area contributed by atoms with E-state index in [1.54, 1.807) is 31.4 Å². The Labute approximate surface area is 132 Å². The average molecular weight is 306 g/mol. The van der Waals surface area contributed by atoms with Crippen molar-refractivity contribution in [2.75, 3.05) is 26.8 Å². The summed E-state index contributed by atoms with van der Waals surface area (Å²) in [6.45, 7) is 4.01. The van der Waals surface area contributed by atoms with Gasteiger partial charge >= 0.3 is 0 Å². The summed E-state index contributed by atoms with van der Waals surface area (Å²) in [5, 5.41) is 5.69. The Balaban J connectivity index is 2.41. The van der Waals surface area contributed by atoms with Gasteiger partial charge in [-0.25, -0.2) is 0 Å². The van der Waals surface area contributed by atoms with Gasteiger partial charge in [0.25, 0.3) is 11.8 Å². The molecule has 5 heteroatoms. The van der Waals surface area contributed by atoms with Crippen LogP contribution in [0.15, 0.2) is 24.3 Å². The number of hydrogen-bond donors (Lipinski definition) is 2. The number of carbonyl (C=O) groups excluding carboxylic acids is 2. The number of ether oxygens (including phenoxy) is 1. The molecular formula is C17H26N2O3. The molecule has 0 saturated heterocycles. The number of hydrogen-bond acceptors (Lipinski definition) is 3. The largest absolute Gasteiger partial charge is 0.385 e. The molecule has 2 amide bonds. The molecule has 1 rings (SSSR count). The Morgan fingerprint density at radius 2 is 1.41 bits per heavy atom. The Hall–Kier alpha value is -1.88. The number of amides is 2.